The molecule has 0 N–H and O–H groups in total. The van der Waals surface area contributed by atoms with Gasteiger partial charge in [-0.15, -0.1) is 0 Å². The van der Waals surface area contributed by atoms with Crippen LogP contribution in [0, 0.1) is 11.8 Å². The molecule has 1 fully saturated rings. The molecule has 1 aliphatic rings. The molecule has 1 aromatic carbocycles. The molecule has 116 valence electrons. The molecule has 2 heterocycles. The number of benzene rings is 1. The third-order valence-electron chi connectivity index (χ3n) is 4.51. The lowest BCUT2D eigenvalue weighted by atomic mass is 9.93. The summed E-state index contributed by atoms with van der Waals surface area (Å²) in [5.74, 6) is 6.22. The Morgan fingerprint density at radius 2 is 1.78 bits per heavy atom. The molecule has 23 heavy (non-hydrogen) atoms. The van der Waals surface area contributed by atoms with Crippen LogP contribution in [0.3, 0.4) is 0 Å². The first-order chi connectivity index (χ1) is 11.0. The third-order valence-corrected chi connectivity index (χ3v) is 4.51. The second-order valence-electron chi connectivity index (χ2n) is 6.55. The smallest absolute Gasteiger partial charge is 0.231 e. The second kappa shape index (κ2) is 5.89. The summed E-state index contributed by atoms with van der Waals surface area (Å²) >= 11 is 0. The normalized spacial score (nSPS) is 19.3. The minimum atomic E-state index is -0.147. The molecule has 1 amide bonds. The van der Waals surface area contributed by atoms with Crippen LogP contribution in [0.15, 0.2) is 48.7 Å². The van der Waals surface area contributed by atoms with Crippen molar-refractivity contribution in [2.45, 2.75) is 31.7 Å². The molecule has 0 bridgehead atoms. The van der Waals surface area contributed by atoms with Gasteiger partial charge < -0.3 is 4.90 Å². The summed E-state index contributed by atoms with van der Waals surface area (Å²) in [6.45, 7) is 4.18. The van der Waals surface area contributed by atoms with Crippen molar-refractivity contribution < 1.29 is 4.79 Å². The Labute approximate surface area is 137 Å². The average Bonchev–Trinajstić information content (AvgIpc) is 2.78. The van der Waals surface area contributed by atoms with Crippen LogP contribution in [0.5, 0.6) is 0 Å². The fourth-order valence-corrected chi connectivity index (χ4v) is 2.84. The number of likely N-dealkylation sites (tertiary alicyclic amines) is 1. The SMILES string of the molecule is CN1C(=O)[C@H](c2ccc(C#Cc3ccccc3)cn2)CC1(C)C. The van der Waals surface area contributed by atoms with E-state index in [-0.39, 0.29) is 17.4 Å². The van der Waals surface area contributed by atoms with Crippen LogP contribution < -0.4 is 0 Å². The van der Waals surface area contributed by atoms with E-state index in [0.29, 0.717) is 0 Å². The van der Waals surface area contributed by atoms with Crippen molar-refractivity contribution >= 4 is 5.91 Å². The number of pyridine rings is 1. The number of aromatic nitrogens is 1. The van der Waals surface area contributed by atoms with Gasteiger partial charge in [-0.2, -0.15) is 0 Å². The Bertz CT molecular complexity index is 767. The molecular formula is C20H20N2O. The zero-order valence-corrected chi connectivity index (χ0v) is 13.7. The first kappa shape index (κ1) is 15.3. The zero-order valence-electron chi connectivity index (χ0n) is 13.7. The molecular weight excluding hydrogens is 284 g/mol. The number of carbonyl (C=O) groups excluding carboxylic acids is 1. The summed E-state index contributed by atoms with van der Waals surface area (Å²) in [5.41, 5.74) is 2.55. The van der Waals surface area contributed by atoms with Gasteiger partial charge in [0.25, 0.3) is 0 Å². The lowest BCUT2D eigenvalue weighted by Gasteiger charge is -2.26. The van der Waals surface area contributed by atoms with Crippen molar-refractivity contribution in [3.05, 3.63) is 65.5 Å². The van der Waals surface area contributed by atoms with E-state index in [2.05, 4.69) is 30.7 Å². The van der Waals surface area contributed by atoms with Gasteiger partial charge in [0.15, 0.2) is 0 Å². The van der Waals surface area contributed by atoms with Gasteiger partial charge in [0.05, 0.1) is 11.6 Å². The van der Waals surface area contributed by atoms with Gasteiger partial charge >= 0.3 is 0 Å². The number of carbonyl (C=O) groups is 1. The number of likely N-dealkylation sites (N-methyl/N-ethyl adjacent to an activating group) is 1. The van der Waals surface area contributed by atoms with Crippen LogP contribution in [-0.2, 0) is 4.79 Å². The van der Waals surface area contributed by atoms with Crippen LogP contribution in [0.1, 0.15) is 43.0 Å². The minimum Gasteiger partial charge on any atom is -0.340 e. The van der Waals surface area contributed by atoms with E-state index in [9.17, 15) is 4.79 Å². The average molecular weight is 304 g/mol. The van der Waals surface area contributed by atoms with Crippen molar-refractivity contribution in [1.82, 2.24) is 9.88 Å². The van der Waals surface area contributed by atoms with Gasteiger partial charge in [0.2, 0.25) is 5.91 Å². The van der Waals surface area contributed by atoms with E-state index in [0.717, 1.165) is 23.2 Å². The van der Waals surface area contributed by atoms with E-state index in [4.69, 9.17) is 0 Å². The van der Waals surface area contributed by atoms with Gasteiger partial charge in [0.1, 0.15) is 0 Å². The number of rotatable bonds is 1. The van der Waals surface area contributed by atoms with Crippen LogP contribution in [0.2, 0.25) is 0 Å². The van der Waals surface area contributed by atoms with Gasteiger partial charge in [-0.25, -0.2) is 0 Å². The largest absolute Gasteiger partial charge is 0.340 e. The molecule has 3 heteroatoms. The van der Waals surface area contributed by atoms with Gasteiger partial charge in [-0.1, -0.05) is 30.0 Å². The molecule has 0 unspecified atom stereocenters. The summed E-state index contributed by atoms with van der Waals surface area (Å²) < 4.78 is 0. The van der Waals surface area contributed by atoms with E-state index in [1.165, 1.54) is 0 Å². The Hall–Kier alpha value is -2.60. The van der Waals surface area contributed by atoms with E-state index in [1.54, 1.807) is 6.20 Å². The van der Waals surface area contributed by atoms with E-state index in [1.807, 2.05) is 54.4 Å². The van der Waals surface area contributed by atoms with Crippen molar-refractivity contribution in [2.75, 3.05) is 7.05 Å². The lowest BCUT2D eigenvalue weighted by Crippen LogP contribution is -2.37. The molecule has 1 atom stereocenters. The summed E-state index contributed by atoms with van der Waals surface area (Å²) in [6, 6.07) is 13.7. The molecule has 0 radical (unpaired) electrons. The molecule has 0 saturated carbocycles. The van der Waals surface area contributed by atoms with Crippen LogP contribution in [0.4, 0.5) is 0 Å². The lowest BCUT2D eigenvalue weighted by molar-refractivity contribution is -0.130. The molecule has 0 aliphatic carbocycles. The van der Waals surface area contributed by atoms with E-state index < -0.39 is 0 Å². The molecule has 3 nitrogen and oxygen atoms in total. The first-order valence-corrected chi connectivity index (χ1v) is 7.78. The summed E-state index contributed by atoms with van der Waals surface area (Å²) in [4.78, 5) is 18.7. The van der Waals surface area contributed by atoms with Crippen LogP contribution in [0.25, 0.3) is 0 Å². The molecule has 1 saturated heterocycles. The molecule has 1 aliphatic heterocycles. The van der Waals surface area contributed by atoms with Gasteiger partial charge in [-0.05, 0) is 44.5 Å². The fraction of sp³-hybridized carbons (Fsp3) is 0.300. The molecule has 3 rings (SSSR count). The van der Waals surface area contributed by atoms with Crippen molar-refractivity contribution in [3.8, 4) is 11.8 Å². The third kappa shape index (κ3) is 3.12. The number of hydrogen-bond acceptors (Lipinski definition) is 2. The standard InChI is InChI=1S/C20H20N2O/c1-20(2)13-17(19(23)22(20)3)18-12-11-16(14-21-18)10-9-15-7-5-4-6-8-15/h4-8,11-12,14,17H,13H2,1-3H3/t17-/m0/s1. The van der Waals surface area contributed by atoms with Crippen LogP contribution in [-0.4, -0.2) is 28.4 Å². The number of amides is 1. The highest BCUT2D eigenvalue weighted by Crippen LogP contribution is 2.37. The highest BCUT2D eigenvalue weighted by molar-refractivity contribution is 5.86. The van der Waals surface area contributed by atoms with Crippen LogP contribution >= 0.6 is 0 Å². The Morgan fingerprint density at radius 3 is 2.35 bits per heavy atom. The van der Waals surface area contributed by atoms with Crippen molar-refractivity contribution in [2.24, 2.45) is 0 Å². The van der Waals surface area contributed by atoms with Gasteiger partial charge in [-0.3, -0.25) is 9.78 Å². The molecule has 1 aromatic heterocycles. The van der Waals surface area contributed by atoms with E-state index >= 15 is 0 Å². The highest BCUT2D eigenvalue weighted by Gasteiger charge is 2.43. The van der Waals surface area contributed by atoms with Crippen molar-refractivity contribution in [1.29, 1.82) is 0 Å². The minimum absolute atomic E-state index is 0.116. The number of nitrogens with zero attached hydrogens (tertiary/aromatic N) is 2. The zero-order chi connectivity index (χ0) is 16.4. The van der Waals surface area contributed by atoms with Gasteiger partial charge in [0, 0.05) is 29.9 Å². The Balaban J connectivity index is 1.79. The first-order valence-electron chi connectivity index (χ1n) is 7.78. The topological polar surface area (TPSA) is 33.2 Å². The molecule has 2 aromatic rings. The number of hydrogen-bond donors (Lipinski definition) is 0. The summed E-state index contributed by atoms with van der Waals surface area (Å²) in [7, 11) is 1.86. The fourth-order valence-electron chi connectivity index (χ4n) is 2.84. The predicted molar refractivity (Wildman–Crippen MR) is 90.9 cm³/mol. The quantitative estimate of drug-likeness (QED) is 0.758. The summed E-state index contributed by atoms with van der Waals surface area (Å²) in [6.07, 6.45) is 2.55. The van der Waals surface area contributed by atoms with Crippen molar-refractivity contribution in [3.63, 3.8) is 0 Å². The molecule has 0 spiro atoms. The second-order valence-corrected chi connectivity index (χ2v) is 6.55. The summed E-state index contributed by atoms with van der Waals surface area (Å²) in [5, 5.41) is 0. The Morgan fingerprint density at radius 1 is 1.09 bits per heavy atom. The maximum Gasteiger partial charge on any atom is 0.231 e. The predicted octanol–water partition coefficient (Wildman–Crippen LogP) is 3.21. The maximum absolute atomic E-state index is 12.4. The maximum atomic E-state index is 12.4. The highest BCUT2D eigenvalue weighted by atomic mass is 16.2. The monoisotopic (exact) mass is 304 g/mol. The Kier molecular flexibility index (Phi) is 3.92.